The van der Waals surface area contributed by atoms with Crippen molar-refractivity contribution < 1.29 is 4.48 Å². The molecule has 2 rings (SSSR count). The Morgan fingerprint density at radius 1 is 0.472 bits per heavy atom. The van der Waals surface area contributed by atoms with Crippen LogP contribution in [0.15, 0.2) is 48.5 Å². The van der Waals surface area contributed by atoms with Crippen molar-refractivity contribution in [3.63, 3.8) is 0 Å². The smallest absolute Gasteiger partial charge is 0.0675 e. The van der Waals surface area contributed by atoms with Gasteiger partial charge in [0.25, 0.3) is 0 Å². The van der Waals surface area contributed by atoms with E-state index in [0.29, 0.717) is 0 Å². The highest BCUT2D eigenvalue weighted by molar-refractivity contribution is 7.02. The second-order valence-electron chi connectivity index (χ2n) is 12.9. The summed E-state index contributed by atoms with van der Waals surface area (Å²) in [6, 6.07) is 19.1. The lowest BCUT2D eigenvalue weighted by Crippen LogP contribution is -2.58. The first kappa shape index (κ1) is 32.5. The molecule has 0 spiro atoms. The highest BCUT2D eigenvalue weighted by Crippen LogP contribution is 2.25. The van der Waals surface area contributed by atoms with Crippen molar-refractivity contribution in [2.45, 2.75) is 117 Å². The molecule has 0 aliphatic rings. The minimum absolute atomic E-state index is 0.689. The molecule has 0 radical (unpaired) electrons. The lowest BCUT2D eigenvalue weighted by atomic mass is 9.15. The fourth-order valence-corrected chi connectivity index (χ4v) is 5.42. The van der Waals surface area contributed by atoms with E-state index in [9.17, 15) is 0 Å². The normalized spacial score (nSPS) is 11.8. The van der Waals surface area contributed by atoms with Gasteiger partial charge in [-0.2, -0.15) is 12.6 Å². The summed E-state index contributed by atoms with van der Waals surface area (Å²) in [6.07, 6.45) is 18.6. The molecular weight excluding hydrogens is 433 g/mol. The topological polar surface area (TPSA) is 0 Å². The zero-order chi connectivity index (χ0) is 26.9. The molecule has 2 aromatic carbocycles. The third-order valence-corrected chi connectivity index (χ3v) is 7.53. The number of rotatable bonds is 16. The fourth-order valence-electron chi connectivity index (χ4n) is 5.42. The summed E-state index contributed by atoms with van der Waals surface area (Å²) in [6.45, 7) is 9.05. The molecule has 0 bridgehead atoms. The predicted molar refractivity (Wildman–Crippen MR) is 168 cm³/mol. The zero-order valence-corrected chi connectivity index (χ0v) is 25.5. The van der Waals surface area contributed by atoms with Crippen LogP contribution in [0.5, 0.6) is 0 Å². The van der Waals surface area contributed by atoms with Gasteiger partial charge in [0.2, 0.25) is 0 Å². The summed E-state index contributed by atoms with van der Waals surface area (Å²) in [5.74, 6) is 0. The van der Waals surface area contributed by atoms with Crippen LogP contribution < -0.4 is 10.9 Å². The molecule has 0 amide bonds. The van der Waals surface area contributed by atoms with Crippen LogP contribution in [0.3, 0.4) is 0 Å². The second kappa shape index (κ2) is 17.8. The van der Waals surface area contributed by atoms with E-state index < -0.39 is 6.15 Å². The molecule has 1 nitrogen and oxygen atoms in total. The molecular formula is C34H60BN. The van der Waals surface area contributed by atoms with E-state index in [1.807, 2.05) is 0 Å². The van der Waals surface area contributed by atoms with Gasteiger partial charge in [-0.25, -0.2) is 10.9 Å². The number of quaternary nitrogens is 1. The van der Waals surface area contributed by atoms with Crippen molar-refractivity contribution in [3.05, 3.63) is 59.7 Å². The molecule has 2 aromatic rings. The molecule has 0 unspecified atom stereocenters. The minimum Gasteiger partial charge on any atom is -0.333 e. The van der Waals surface area contributed by atoms with E-state index >= 15 is 0 Å². The first-order chi connectivity index (χ1) is 17.1. The standard InChI is InChI=1S/C30H48B.C4H12N/c1-5-7-9-11-13-15-25-31(26-16-14-12-10-8-6-2,29-21-17-27(3)18-22-29)30-23-19-28(4)20-24-30;1-5(2,3)4/h17-24H,5-16,25-26H2,1-4H3;1-4H3/q-1;+1. The van der Waals surface area contributed by atoms with Crippen molar-refractivity contribution in [1.29, 1.82) is 0 Å². The van der Waals surface area contributed by atoms with Crippen molar-refractivity contribution in [2.75, 3.05) is 28.2 Å². The van der Waals surface area contributed by atoms with E-state index in [4.69, 9.17) is 0 Å². The molecule has 0 heterocycles. The molecule has 0 saturated carbocycles. The summed E-state index contributed by atoms with van der Waals surface area (Å²) >= 11 is 0. The van der Waals surface area contributed by atoms with Gasteiger partial charge in [0.05, 0.1) is 34.3 Å². The van der Waals surface area contributed by atoms with Crippen molar-refractivity contribution in [3.8, 4) is 0 Å². The Bertz CT molecular complexity index is 716. The average Bonchev–Trinajstić information content (AvgIpc) is 2.82. The van der Waals surface area contributed by atoms with Crippen molar-refractivity contribution >= 4 is 17.1 Å². The Hall–Kier alpha value is -1.54. The van der Waals surface area contributed by atoms with Crippen LogP contribution in [0.4, 0.5) is 0 Å². The Balaban J connectivity index is 0.00000118. The summed E-state index contributed by atoms with van der Waals surface area (Å²) in [7, 11) is 8.50. The third kappa shape index (κ3) is 13.7. The van der Waals surface area contributed by atoms with Crippen LogP contribution in [-0.4, -0.2) is 38.8 Å². The maximum Gasteiger partial charge on any atom is 0.0675 e. The summed E-state index contributed by atoms with van der Waals surface area (Å²) in [5, 5.41) is 0. The van der Waals surface area contributed by atoms with Gasteiger partial charge in [-0.15, -0.1) is 0 Å². The van der Waals surface area contributed by atoms with Gasteiger partial charge in [-0.3, -0.25) is 0 Å². The molecule has 36 heavy (non-hydrogen) atoms. The number of hydrogen-bond acceptors (Lipinski definition) is 0. The quantitative estimate of drug-likeness (QED) is 0.124. The maximum atomic E-state index is 2.45. The van der Waals surface area contributed by atoms with Gasteiger partial charge in [0.15, 0.2) is 0 Å². The summed E-state index contributed by atoms with van der Waals surface area (Å²) in [4.78, 5) is 0. The van der Waals surface area contributed by atoms with Gasteiger partial charge in [0.1, 0.15) is 0 Å². The zero-order valence-electron chi connectivity index (χ0n) is 25.5. The van der Waals surface area contributed by atoms with E-state index in [2.05, 4.69) is 104 Å². The summed E-state index contributed by atoms with van der Waals surface area (Å²) in [5.41, 5.74) is 5.93. The molecule has 0 N–H and O–H groups in total. The lowest BCUT2D eigenvalue weighted by Gasteiger charge is -2.43. The second-order valence-corrected chi connectivity index (χ2v) is 12.9. The minimum atomic E-state index is -0.689. The van der Waals surface area contributed by atoms with Gasteiger partial charge >= 0.3 is 0 Å². The Morgan fingerprint density at radius 2 is 0.750 bits per heavy atom. The van der Waals surface area contributed by atoms with E-state index in [-0.39, 0.29) is 0 Å². The van der Waals surface area contributed by atoms with Crippen LogP contribution in [0, 0.1) is 13.8 Å². The number of aryl methyl sites for hydroxylation is 2. The van der Waals surface area contributed by atoms with Gasteiger partial charge in [0, 0.05) is 0 Å². The van der Waals surface area contributed by atoms with Crippen LogP contribution in [0.25, 0.3) is 0 Å². The summed E-state index contributed by atoms with van der Waals surface area (Å²) < 4.78 is 1.00. The Kier molecular flexibility index (Phi) is 16.1. The molecule has 0 aliphatic heterocycles. The fraction of sp³-hybridized carbons (Fsp3) is 0.647. The highest BCUT2D eigenvalue weighted by Gasteiger charge is 2.27. The Labute approximate surface area is 226 Å². The van der Waals surface area contributed by atoms with Crippen LogP contribution in [-0.2, 0) is 0 Å². The first-order valence-corrected chi connectivity index (χ1v) is 15.2. The van der Waals surface area contributed by atoms with E-state index in [1.54, 1.807) is 10.9 Å². The molecule has 0 aliphatic carbocycles. The van der Waals surface area contributed by atoms with E-state index in [0.717, 1.165) is 4.48 Å². The maximum absolute atomic E-state index is 2.45. The van der Waals surface area contributed by atoms with Gasteiger partial charge in [-0.05, 0) is 13.8 Å². The van der Waals surface area contributed by atoms with Crippen LogP contribution in [0.2, 0.25) is 12.6 Å². The monoisotopic (exact) mass is 493 g/mol. The third-order valence-electron chi connectivity index (χ3n) is 7.53. The van der Waals surface area contributed by atoms with Crippen LogP contribution >= 0.6 is 0 Å². The van der Waals surface area contributed by atoms with Crippen molar-refractivity contribution in [2.24, 2.45) is 0 Å². The first-order valence-electron chi connectivity index (χ1n) is 15.2. The highest BCUT2D eigenvalue weighted by atomic mass is 15.2. The molecule has 2 heteroatoms. The molecule has 0 fully saturated rings. The average molecular weight is 494 g/mol. The van der Waals surface area contributed by atoms with Gasteiger partial charge in [-0.1, -0.05) is 151 Å². The number of hydrogen-bond donors (Lipinski definition) is 0. The largest absolute Gasteiger partial charge is 0.333 e. The van der Waals surface area contributed by atoms with Crippen LogP contribution in [0.1, 0.15) is 102 Å². The number of nitrogens with zero attached hydrogens (tertiary/aromatic N) is 1. The van der Waals surface area contributed by atoms with Gasteiger partial charge < -0.3 is 4.48 Å². The molecule has 204 valence electrons. The van der Waals surface area contributed by atoms with Crippen molar-refractivity contribution in [1.82, 2.24) is 0 Å². The van der Waals surface area contributed by atoms with E-state index in [1.165, 1.54) is 101 Å². The molecule has 0 saturated heterocycles. The number of benzene rings is 2. The SMILES string of the molecule is CCCCCCCC[B-](CCCCCCCC)(c1ccc(C)cc1)c1ccc(C)cc1.C[N+](C)(C)C. The Morgan fingerprint density at radius 3 is 1.06 bits per heavy atom. The molecule has 0 aromatic heterocycles. The predicted octanol–water partition coefficient (Wildman–Crippen LogP) is 8.91. The number of unbranched alkanes of at least 4 members (excludes halogenated alkanes) is 10. The molecule has 0 atom stereocenters. The lowest BCUT2D eigenvalue weighted by molar-refractivity contribution is -0.849.